The molecule has 0 aliphatic rings. The Bertz CT molecular complexity index is 804. The fourth-order valence-corrected chi connectivity index (χ4v) is 2.42. The molecule has 0 bridgehead atoms. The lowest BCUT2D eigenvalue weighted by Gasteiger charge is -2.15. The van der Waals surface area contributed by atoms with Crippen LogP contribution >= 0.6 is 0 Å². The molecule has 0 spiro atoms. The Morgan fingerprint density at radius 1 is 0.926 bits per heavy atom. The maximum absolute atomic E-state index is 9.10. The molecule has 0 unspecified atom stereocenters. The van der Waals surface area contributed by atoms with Gasteiger partial charge in [0.05, 0.1) is 14.2 Å². The highest BCUT2D eigenvalue weighted by molar-refractivity contribution is 6.27. The van der Waals surface area contributed by atoms with Crippen molar-refractivity contribution in [3.05, 3.63) is 52.6 Å². The number of carboxylic acid groups (broad SMARTS) is 2. The van der Waals surface area contributed by atoms with Gasteiger partial charge >= 0.3 is 11.9 Å². The molecule has 2 rings (SSSR count). The van der Waals surface area contributed by atoms with Crippen molar-refractivity contribution >= 4 is 17.6 Å². The third kappa shape index (κ3) is 6.22. The second-order valence-corrected chi connectivity index (χ2v) is 5.85. The Morgan fingerprint density at radius 2 is 1.56 bits per heavy atom. The molecule has 0 atom stereocenters. The van der Waals surface area contributed by atoms with Gasteiger partial charge in [-0.05, 0) is 56.2 Å². The van der Waals surface area contributed by atoms with E-state index in [0.717, 1.165) is 34.9 Å². The van der Waals surface area contributed by atoms with Gasteiger partial charge in [0.1, 0.15) is 11.5 Å². The quantitative estimate of drug-likeness (QED) is 0.688. The van der Waals surface area contributed by atoms with E-state index in [-0.39, 0.29) is 0 Å². The monoisotopic (exact) mass is 375 g/mol. The van der Waals surface area contributed by atoms with E-state index in [1.165, 1.54) is 11.1 Å². The lowest BCUT2D eigenvalue weighted by atomic mass is 10.1. The molecule has 7 heteroatoms. The molecule has 0 heterocycles. The maximum atomic E-state index is 9.10. The molecule has 0 fully saturated rings. The molecular formula is C20H25NO6. The highest BCUT2D eigenvalue weighted by Crippen LogP contribution is 2.31. The smallest absolute Gasteiger partial charge is 0.414 e. The van der Waals surface area contributed by atoms with E-state index in [9.17, 15) is 0 Å². The van der Waals surface area contributed by atoms with E-state index in [1.54, 1.807) is 14.2 Å². The summed E-state index contributed by atoms with van der Waals surface area (Å²) in [6.07, 6.45) is 0. The van der Waals surface area contributed by atoms with Crippen molar-refractivity contribution < 1.29 is 29.3 Å². The van der Waals surface area contributed by atoms with Crippen LogP contribution in [0.5, 0.6) is 11.5 Å². The Morgan fingerprint density at radius 3 is 2.04 bits per heavy atom. The number of aryl methyl sites for hydroxylation is 2. The topological polar surface area (TPSA) is 105 Å². The van der Waals surface area contributed by atoms with Crippen molar-refractivity contribution in [3.8, 4) is 11.5 Å². The molecule has 2 aromatic carbocycles. The van der Waals surface area contributed by atoms with Gasteiger partial charge in [-0.15, -0.1) is 0 Å². The third-order valence-electron chi connectivity index (χ3n) is 4.03. The van der Waals surface area contributed by atoms with Gasteiger partial charge in [0, 0.05) is 23.4 Å². The Balaban J connectivity index is 0.000000527. The Kier molecular flexibility index (Phi) is 8.13. The number of carbonyl (C=O) groups is 2. The summed E-state index contributed by atoms with van der Waals surface area (Å²) < 4.78 is 10.9. The van der Waals surface area contributed by atoms with Gasteiger partial charge in [0.2, 0.25) is 0 Å². The van der Waals surface area contributed by atoms with Crippen LogP contribution in [-0.4, -0.2) is 36.4 Å². The first-order chi connectivity index (χ1) is 12.7. The highest BCUT2D eigenvalue weighted by Gasteiger charge is 2.11. The predicted molar refractivity (Wildman–Crippen MR) is 103 cm³/mol. The van der Waals surface area contributed by atoms with Gasteiger partial charge in [-0.2, -0.15) is 0 Å². The van der Waals surface area contributed by atoms with Gasteiger partial charge < -0.3 is 25.0 Å². The Labute approximate surface area is 158 Å². The van der Waals surface area contributed by atoms with Crippen LogP contribution in [0.3, 0.4) is 0 Å². The molecule has 0 aliphatic carbocycles. The number of hydrogen-bond acceptors (Lipinski definition) is 5. The van der Waals surface area contributed by atoms with Crippen LogP contribution in [0.4, 0.5) is 5.69 Å². The molecule has 0 aliphatic heterocycles. The van der Waals surface area contributed by atoms with E-state index in [4.69, 9.17) is 29.3 Å². The molecule has 2 aromatic rings. The van der Waals surface area contributed by atoms with Crippen LogP contribution in [0, 0.1) is 20.8 Å². The molecule has 146 valence electrons. The molecule has 7 nitrogen and oxygen atoms in total. The van der Waals surface area contributed by atoms with E-state index in [1.807, 2.05) is 19.1 Å². The summed E-state index contributed by atoms with van der Waals surface area (Å²) in [5, 5.41) is 18.2. The third-order valence-corrected chi connectivity index (χ3v) is 4.03. The van der Waals surface area contributed by atoms with Crippen molar-refractivity contribution in [3.63, 3.8) is 0 Å². The minimum absolute atomic E-state index is 0.719. The van der Waals surface area contributed by atoms with Crippen LogP contribution in [0.1, 0.15) is 22.3 Å². The number of anilines is 1. The lowest BCUT2D eigenvalue weighted by molar-refractivity contribution is -0.159. The SMILES string of the molecule is COc1ccc(CNc2ccc(C)c(C)c2)c(OC)c1C.O=C(O)C(=O)O. The van der Waals surface area contributed by atoms with E-state index in [2.05, 4.69) is 37.4 Å². The number of aliphatic carboxylic acids is 2. The van der Waals surface area contributed by atoms with Crippen molar-refractivity contribution in [2.75, 3.05) is 19.5 Å². The second-order valence-electron chi connectivity index (χ2n) is 5.85. The number of methoxy groups -OCH3 is 2. The average Bonchev–Trinajstić information content (AvgIpc) is 2.63. The fourth-order valence-electron chi connectivity index (χ4n) is 2.42. The summed E-state index contributed by atoms with van der Waals surface area (Å²) in [7, 11) is 3.37. The number of benzene rings is 2. The zero-order valence-corrected chi connectivity index (χ0v) is 16.1. The second kappa shape index (κ2) is 10.1. The minimum Gasteiger partial charge on any atom is -0.496 e. The molecule has 0 saturated heterocycles. The normalized spacial score (nSPS) is 9.67. The molecular weight excluding hydrogens is 350 g/mol. The molecule has 0 amide bonds. The highest BCUT2D eigenvalue weighted by atomic mass is 16.5. The number of ether oxygens (including phenoxy) is 2. The fraction of sp³-hybridized carbons (Fsp3) is 0.300. The van der Waals surface area contributed by atoms with Gasteiger partial charge in [0.25, 0.3) is 0 Å². The van der Waals surface area contributed by atoms with Crippen LogP contribution in [0.2, 0.25) is 0 Å². The molecule has 3 N–H and O–H groups in total. The number of nitrogens with one attached hydrogen (secondary N) is 1. The molecule has 27 heavy (non-hydrogen) atoms. The van der Waals surface area contributed by atoms with Crippen molar-refractivity contribution in [2.24, 2.45) is 0 Å². The van der Waals surface area contributed by atoms with Gasteiger partial charge in [-0.3, -0.25) is 0 Å². The summed E-state index contributed by atoms with van der Waals surface area (Å²) in [4.78, 5) is 18.2. The van der Waals surface area contributed by atoms with Crippen LogP contribution in [-0.2, 0) is 16.1 Å². The molecule has 0 aromatic heterocycles. The number of carboxylic acids is 2. The zero-order valence-electron chi connectivity index (χ0n) is 16.1. The van der Waals surface area contributed by atoms with Crippen molar-refractivity contribution in [1.29, 1.82) is 0 Å². The summed E-state index contributed by atoms with van der Waals surface area (Å²) >= 11 is 0. The zero-order chi connectivity index (χ0) is 20.6. The van der Waals surface area contributed by atoms with Gasteiger partial charge in [-0.1, -0.05) is 6.07 Å². The predicted octanol–water partition coefficient (Wildman–Crippen LogP) is 3.40. The summed E-state index contributed by atoms with van der Waals surface area (Å²) in [5.41, 5.74) is 5.86. The van der Waals surface area contributed by atoms with Crippen molar-refractivity contribution in [1.82, 2.24) is 0 Å². The van der Waals surface area contributed by atoms with E-state index >= 15 is 0 Å². The summed E-state index contributed by atoms with van der Waals surface area (Å²) in [6.45, 7) is 6.97. The summed E-state index contributed by atoms with van der Waals surface area (Å²) in [6, 6.07) is 10.4. The summed E-state index contributed by atoms with van der Waals surface area (Å²) in [5.74, 6) is -1.92. The number of hydrogen-bond donors (Lipinski definition) is 3. The van der Waals surface area contributed by atoms with E-state index < -0.39 is 11.9 Å². The first kappa shape index (κ1) is 21.8. The largest absolute Gasteiger partial charge is 0.496 e. The van der Waals surface area contributed by atoms with Crippen molar-refractivity contribution in [2.45, 2.75) is 27.3 Å². The minimum atomic E-state index is -1.82. The first-order valence-electron chi connectivity index (χ1n) is 8.19. The van der Waals surface area contributed by atoms with Crippen LogP contribution < -0.4 is 14.8 Å². The maximum Gasteiger partial charge on any atom is 0.414 e. The number of rotatable bonds is 5. The molecule has 0 saturated carbocycles. The average molecular weight is 375 g/mol. The standard InChI is InChI=1S/C18H23NO2.C2H2O4/c1-12-6-8-16(10-13(12)2)19-11-15-7-9-17(20-4)14(3)18(15)21-5;3-1(4)2(5)6/h6-10,19H,11H2,1-5H3;(H,3,4)(H,5,6). The first-order valence-corrected chi connectivity index (χ1v) is 8.19. The van der Waals surface area contributed by atoms with Crippen LogP contribution in [0.15, 0.2) is 30.3 Å². The lowest BCUT2D eigenvalue weighted by Crippen LogP contribution is -2.09. The molecule has 0 radical (unpaired) electrons. The Hall–Kier alpha value is -3.22. The van der Waals surface area contributed by atoms with Gasteiger partial charge in [-0.25, -0.2) is 9.59 Å². The van der Waals surface area contributed by atoms with E-state index in [0.29, 0.717) is 0 Å². The van der Waals surface area contributed by atoms with Crippen LogP contribution in [0.25, 0.3) is 0 Å². The van der Waals surface area contributed by atoms with Gasteiger partial charge in [0.15, 0.2) is 0 Å².